The van der Waals surface area contributed by atoms with Gasteiger partial charge in [-0.05, 0) is 31.2 Å². The molecule has 0 saturated carbocycles. The van der Waals surface area contributed by atoms with Gasteiger partial charge in [0.25, 0.3) is 5.91 Å². The number of nitrogens with zero attached hydrogens (tertiary/aromatic N) is 5. The average molecular weight is 423 g/mol. The van der Waals surface area contributed by atoms with Crippen LogP contribution in [0.25, 0.3) is 17.3 Å². The Bertz CT molecular complexity index is 1000. The van der Waals surface area contributed by atoms with Crippen molar-refractivity contribution >= 4 is 29.9 Å². The zero-order chi connectivity index (χ0) is 19.0. The Labute approximate surface area is 173 Å². The smallest absolute Gasteiger partial charge is 0.256 e. The lowest BCUT2D eigenvalue weighted by atomic mass is 10.1. The number of carbonyl (C=O) groups is 1. The number of aromatic nitrogens is 4. The minimum Gasteiger partial charge on any atom is -0.337 e. The molecule has 8 nitrogen and oxygen atoms in total. The van der Waals surface area contributed by atoms with Crippen molar-refractivity contribution in [3.63, 3.8) is 0 Å². The van der Waals surface area contributed by atoms with Crippen LogP contribution in [0.15, 0.2) is 28.9 Å². The van der Waals surface area contributed by atoms with E-state index in [0.717, 1.165) is 18.7 Å². The zero-order valence-electron chi connectivity index (χ0n) is 15.5. The molecule has 4 rings (SSSR count). The molecule has 0 bridgehead atoms. The number of carbonyl (C=O) groups excluding carboxylic acids is 1. The van der Waals surface area contributed by atoms with E-state index in [1.165, 1.54) is 0 Å². The van der Waals surface area contributed by atoms with Gasteiger partial charge in [0.2, 0.25) is 11.7 Å². The molecule has 1 N–H and O–H groups in total. The molecule has 148 valence electrons. The largest absolute Gasteiger partial charge is 0.337 e. The van der Waals surface area contributed by atoms with E-state index < -0.39 is 0 Å². The molecule has 0 saturated heterocycles. The van der Waals surface area contributed by atoms with Crippen molar-refractivity contribution in [2.24, 2.45) is 0 Å². The minimum atomic E-state index is -0.0975. The molecule has 0 radical (unpaired) electrons. The molecule has 1 aliphatic rings. The molecule has 0 aliphatic carbocycles. The van der Waals surface area contributed by atoms with Crippen molar-refractivity contribution in [2.45, 2.75) is 26.4 Å². The second kappa shape index (κ2) is 8.30. The third kappa shape index (κ3) is 3.63. The van der Waals surface area contributed by atoms with Crippen LogP contribution in [0.3, 0.4) is 0 Å². The summed E-state index contributed by atoms with van der Waals surface area (Å²) in [6.07, 6.45) is 2.75. The Kier molecular flexibility index (Phi) is 6.02. The topological polar surface area (TPSA) is 89.1 Å². The fraction of sp³-hybridized carbons (Fsp3) is 0.333. The Hall–Kier alpha value is -2.42. The van der Waals surface area contributed by atoms with Crippen molar-refractivity contribution < 1.29 is 9.32 Å². The lowest BCUT2D eigenvalue weighted by molar-refractivity contribution is 0.0788. The van der Waals surface area contributed by atoms with Gasteiger partial charge in [0.05, 0.1) is 36.2 Å². The van der Waals surface area contributed by atoms with E-state index in [9.17, 15) is 4.79 Å². The highest BCUT2D eigenvalue weighted by Crippen LogP contribution is 2.30. The van der Waals surface area contributed by atoms with Crippen LogP contribution < -0.4 is 5.32 Å². The monoisotopic (exact) mass is 422 g/mol. The van der Waals surface area contributed by atoms with E-state index >= 15 is 0 Å². The van der Waals surface area contributed by atoms with Crippen LogP contribution in [0.1, 0.15) is 35.3 Å². The van der Waals surface area contributed by atoms with Crippen LogP contribution >= 0.6 is 24.0 Å². The number of amides is 1. The molecule has 0 spiro atoms. The Morgan fingerprint density at radius 3 is 2.96 bits per heavy atom. The normalized spacial score (nSPS) is 13.0. The van der Waals surface area contributed by atoms with Crippen molar-refractivity contribution in [1.82, 2.24) is 29.9 Å². The SMILES string of the molecule is CCCNCc1nc(-c2ncc3n2-c2ccc(Cl)cc2C(=O)N(C)C3)no1.Cl. The first-order valence-corrected chi connectivity index (χ1v) is 9.12. The second-order valence-corrected chi connectivity index (χ2v) is 6.86. The molecule has 3 heterocycles. The number of rotatable bonds is 5. The van der Waals surface area contributed by atoms with Gasteiger partial charge in [-0.3, -0.25) is 9.36 Å². The summed E-state index contributed by atoms with van der Waals surface area (Å²) in [7, 11) is 1.75. The minimum absolute atomic E-state index is 0. The second-order valence-electron chi connectivity index (χ2n) is 6.42. The maximum Gasteiger partial charge on any atom is 0.256 e. The van der Waals surface area contributed by atoms with Crippen molar-refractivity contribution in [3.05, 3.63) is 46.6 Å². The quantitative estimate of drug-likeness (QED) is 0.635. The number of benzene rings is 1. The molecule has 1 amide bonds. The lowest BCUT2D eigenvalue weighted by Gasteiger charge is -2.13. The molecular formula is C18H20Cl2N6O2. The summed E-state index contributed by atoms with van der Waals surface area (Å²) in [5.74, 6) is 1.31. The van der Waals surface area contributed by atoms with Gasteiger partial charge in [-0.15, -0.1) is 12.4 Å². The lowest BCUT2D eigenvalue weighted by Crippen LogP contribution is -2.24. The van der Waals surface area contributed by atoms with Gasteiger partial charge in [0.15, 0.2) is 5.82 Å². The first-order valence-electron chi connectivity index (χ1n) is 8.74. The molecular weight excluding hydrogens is 403 g/mol. The molecule has 0 fully saturated rings. The summed E-state index contributed by atoms with van der Waals surface area (Å²) >= 11 is 6.12. The highest BCUT2D eigenvalue weighted by atomic mass is 35.5. The van der Waals surface area contributed by atoms with Crippen LogP contribution in [-0.2, 0) is 13.1 Å². The molecule has 0 unspecified atom stereocenters. The number of fused-ring (bicyclic) bond motifs is 3. The van der Waals surface area contributed by atoms with Crippen molar-refractivity contribution in [2.75, 3.05) is 13.6 Å². The maximum atomic E-state index is 12.7. The Balaban J connectivity index is 0.00000225. The van der Waals surface area contributed by atoms with Gasteiger partial charge in [-0.1, -0.05) is 23.7 Å². The van der Waals surface area contributed by atoms with E-state index in [-0.39, 0.29) is 18.3 Å². The maximum absolute atomic E-state index is 12.7. The van der Waals surface area contributed by atoms with Gasteiger partial charge in [-0.25, -0.2) is 4.98 Å². The Morgan fingerprint density at radius 2 is 2.18 bits per heavy atom. The highest BCUT2D eigenvalue weighted by Gasteiger charge is 2.28. The van der Waals surface area contributed by atoms with E-state index in [1.807, 2.05) is 10.6 Å². The van der Waals surface area contributed by atoms with Crippen LogP contribution in [0.4, 0.5) is 0 Å². The van der Waals surface area contributed by atoms with Crippen molar-refractivity contribution in [1.29, 1.82) is 0 Å². The molecule has 1 aromatic carbocycles. The van der Waals surface area contributed by atoms with Crippen LogP contribution in [0.5, 0.6) is 0 Å². The number of hydrogen-bond donors (Lipinski definition) is 1. The van der Waals surface area contributed by atoms with E-state index in [1.54, 1.807) is 30.3 Å². The predicted octanol–water partition coefficient (Wildman–Crippen LogP) is 3.08. The van der Waals surface area contributed by atoms with Crippen LogP contribution in [-0.4, -0.2) is 44.1 Å². The summed E-state index contributed by atoms with van der Waals surface area (Å²) in [6.45, 7) is 3.88. The van der Waals surface area contributed by atoms with Crippen LogP contribution in [0.2, 0.25) is 5.02 Å². The summed E-state index contributed by atoms with van der Waals surface area (Å²) in [6, 6.07) is 5.24. The molecule has 10 heteroatoms. The highest BCUT2D eigenvalue weighted by molar-refractivity contribution is 6.31. The fourth-order valence-corrected chi connectivity index (χ4v) is 3.28. The summed E-state index contributed by atoms with van der Waals surface area (Å²) in [4.78, 5) is 23.3. The average Bonchev–Trinajstić information content (AvgIpc) is 3.26. The molecule has 3 aromatic rings. The Morgan fingerprint density at radius 1 is 1.36 bits per heavy atom. The zero-order valence-corrected chi connectivity index (χ0v) is 17.0. The fourth-order valence-electron chi connectivity index (χ4n) is 3.11. The summed E-state index contributed by atoms with van der Waals surface area (Å²) < 4.78 is 7.22. The molecule has 2 aromatic heterocycles. The standard InChI is InChI=1S/C18H19ClN6O2.ClH/c1-3-6-20-9-15-22-16(23-27-15)17-21-8-12-10-24(2)18(26)13-7-11(19)4-5-14(13)25(12)17;/h4-5,7-8,20H,3,6,9-10H2,1-2H3;1H. The molecule has 1 aliphatic heterocycles. The van der Waals surface area contributed by atoms with Gasteiger partial charge in [0.1, 0.15) is 0 Å². The van der Waals surface area contributed by atoms with Gasteiger partial charge < -0.3 is 14.7 Å². The summed E-state index contributed by atoms with van der Waals surface area (Å²) in [5.41, 5.74) is 2.07. The van der Waals surface area contributed by atoms with Crippen LogP contribution in [0, 0.1) is 0 Å². The number of imidazole rings is 1. The third-order valence-corrected chi connectivity index (χ3v) is 4.62. The van der Waals surface area contributed by atoms with Crippen molar-refractivity contribution in [3.8, 4) is 17.3 Å². The molecule has 0 atom stereocenters. The molecule has 28 heavy (non-hydrogen) atoms. The van der Waals surface area contributed by atoms with E-state index in [4.69, 9.17) is 16.1 Å². The number of hydrogen-bond acceptors (Lipinski definition) is 6. The van der Waals surface area contributed by atoms with Gasteiger partial charge >= 0.3 is 0 Å². The first kappa shape index (κ1) is 20.3. The van der Waals surface area contributed by atoms with E-state index in [0.29, 0.717) is 46.9 Å². The van der Waals surface area contributed by atoms with E-state index in [2.05, 4.69) is 27.4 Å². The number of halogens is 2. The summed E-state index contributed by atoms with van der Waals surface area (Å²) in [5, 5.41) is 7.80. The van der Waals surface area contributed by atoms with Gasteiger partial charge in [-0.2, -0.15) is 4.98 Å². The third-order valence-electron chi connectivity index (χ3n) is 4.38. The number of nitrogens with one attached hydrogen (secondary N) is 1. The first-order chi connectivity index (χ1) is 13.1. The predicted molar refractivity (Wildman–Crippen MR) is 107 cm³/mol. The van der Waals surface area contributed by atoms with Gasteiger partial charge in [0, 0.05) is 12.1 Å².